The van der Waals surface area contributed by atoms with Crippen LogP contribution in [0.15, 0.2) is 23.1 Å². The fourth-order valence-corrected chi connectivity index (χ4v) is 3.63. The molecule has 0 fully saturated rings. The van der Waals surface area contributed by atoms with Crippen LogP contribution in [0.1, 0.15) is 44.2 Å². The van der Waals surface area contributed by atoms with Crippen LogP contribution < -0.4 is 0 Å². The van der Waals surface area contributed by atoms with E-state index in [4.69, 9.17) is 11.6 Å². The highest BCUT2D eigenvalue weighted by Crippen LogP contribution is 2.21. The standard InChI is InChI=1S/C15H24ClNO2S/c1-4-6-7-10-17(3)20(18,19)15-9-8-13(5-2)14(11-15)12-16/h8-9,11H,4-7,10,12H2,1-3H3. The molecule has 0 unspecified atom stereocenters. The van der Waals surface area contributed by atoms with Crippen LogP contribution in [-0.4, -0.2) is 26.3 Å². The number of aryl methyl sites for hydroxylation is 1. The smallest absolute Gasteiger partial charge is 0.207 e. The molecular weight excluding hydrogens is 294 g/mol. The second kappa shape index (κ2) is 8.01. The highest BCUT2D eigenvalue weighted by Gasteiger charge is 2.21. The van der Waals surface area contributed by atoms with Crippen LogP contribution in [0.3, 0.4) is 0 Å². The average Bonchev–Trinajstić information content (AvgIpc) is 2.46. The van der Waals surface area contributed by atoms with Gasteiger partial charge in [-0.2, -0.15) is 0 Å². The highest BCUT2D eigenvalue weighted by atomic mass is 35.5. The molecule has 0 bridgehead atoms. The van der Waals surface area contributed by atoms with Gasteiger partial charge in [0.2, 0.25) is 10.0 Å². The van der Waals surface area contributed by atoms with Crippen LogP contribution in [0.5, 0.6) is 0 Å². The summed E-state index contributed by atoms with van der Waals surface area (Å²) in [5, 5.41) is 0. The lowest BCUT2D eigenvalue weighted by Crippen LogP contribution is -2.28. The third kappa shape index (κ3) is 4.21. The first-order valence-electron chi connectivity index (χ1n) is 7.11. The molecule has 1 aromatic carbocycles. The molecule has 1 rings (SSSR count). The van der Waals surface area contributed by atoms with Crippen molar-refractivity contribution in [1.29, 1.82) is 0 Å². The van der Waals surface area contributed by atoms with Gasteiger partial charge in [-0.05, 0) is 36.1 Å². The number of nitrogens with zero attached hydrogens (tertiary/aromatic N) is 1. The summed E-state index contributed by atoms with van der Waals surface area (Å²) in [4.78, 5) is 0.337. The van der Waals surface area contributed by atoms with Gasteiger partial charge in [-0.25, -0.2) is 12.7 Å². The Morgan fingerprint density at radius 2 is 1.85 bits per heavy atom. The fourth-order valence-electron chi connectivity index (χ4n) is 2.12. The zero-order valence-electron chi connectivity index (χ0n) is 12.5. The van der Waals surface area contributed by atoms with Crippen molar-refractivity contribution >= 4 is 21.6 Å². The molecule has 3 nitrogen and oxygen atoms in total. The molecule has 0 aliphatic carbocycles. The van der Waals surface area contributed by atoms with Crippen LogP contribution in [0.25, 0.3) is 0 Å². The summed E-state index contributed by atoms with van der Waals surface area (Å²) in [5.74, 6) is 0.339. The minimum absolute atomic E-state index is 0.337. The summed E-state index contributed by atoms with van der Waals surface area (Å²) in [5.41, 5.74) is 2.00. The second-order valence-corrected chi connectivity index (χ2v) is 7.26. The van der Waals surface area contributed by atoms with E-state index in [9.17, 15) is 8.42 Å². The Labute approximate surface area is 128 Å². The third-order valence-corrected chi connectivity index (χ3v) is 5.63. The highest BCUT2D eigenvalue weighted by molar-refractivity contribution is 7.89. The summed E-state index contributed by atoms with van der Waals surface area (Å²) in [6.45, 7) is 4.70. The van der Waals surface area contributed by atoms with Gasteiger partial charge in [-0.1, -0.05) is 32.8 Å². The molecule has 0 saturated carbocycles. The summed E-state index contributed by atoms with van der Waals surface area (Å²) in [6, 6.07) is 5.25. The Balaban J connectivity index is 2.97. The molecule has 0 N–H and O–H groups in total. The van der Waals surface area contributed by atoms with E-state index < -0.39 is 10.0 Å². The van der Waals surface area contributed by atoms with E-state index in [1.54, 1.807) is 19.2 Å². The molecule has 0 heterocycles. The van der Waals surface area contributed by atoms with E-state index in [-0.39, 0.29) is 0 Å². The van der Waals surface area contributed by atoms with Crippen LogP contribution in [-0.2, 0) is 22.3 Å². The molecule has 0 radical (unpaired) electrons. The molecular formula is C15H24ClNO2S. The zero-order chi connectivity index (χ0) is 15.2. The molecule has 0 aliphatic heterocycles. The summed E-state index contributed by atoms with van der Waals surface area (Å²) < 4.78 is 26.4. The SMILES string of the molecule is CCCCCN(C)S(=O)(=O)c1ccc(CC)c(CCl)c1. The lowest BCUT2D eigenvalue weighted by molar-refractivity contribution is 0.454. The normalized spacial score (nSPS) is 12.1. The quantitative estimate of drug-likeness (QED) is 0.540. The van der Waals surface area contributed by atoms with E-state index in [1.807, 2.05) is 13.0 Å². The Kier molecular flexibility index (Phi) is 7.00. The molecule has 0 amide bonds. The van der Waals surface area contributed by atoms with Crippen molar-refractivity contribution in [2.24, 2.45) is 0 Å². The maximum absolute atomic E-state index is 12.5. The fraction of sp³-hybridized carbons (Fsp3) is 0.600. The molecule has 0 aliphatic rings. The number of hydrogen-bond donors (Lipinski definition) is 0. The molecule has 0 saturated heterocycles. The first kappa shape index (κ1) is 17.5. The molecule has 114 valence electrons. The van der Waals surface area contributed by atoms with Crippen molar-refractivity contribution in [2.75, 3.05) is 13.6 Å². The number of benzene rings is 1. The monoisotopic (exact) mass is 317 g/mol. The number of hydrogen-bond acceptors (Lipinski definition) is 2. The second-order valence-electron chi connectivity index (χ2n) is 4.95. The summed E-state index contributed by atoms with van der Waals surface area (Å²) >= 11 is 5.91. The van der Waals surface area contributed by atoms with E-state index in [0.717, 1.165) is 36.8 Å². The molecule has 0 spiro atoms. The Bertz CT molecular complexity index is 529. The topological polar surface area (TPSA) is 37.4 Å². The lowest BCUT2D eigenvalue weighted by atomic mass is 10.1. The zero-order valence-corrected chi connectivity index (χ0v) is 14.1. The van der Waals surface area contributed by atoms with Gasteiger partial charge in [-0.15, -0.1) is 11.6 Å². The first-order valence-corrected chi connectivity index (χ1v) is 9.08. The molecule has 5 heteroatoms. The molecule has 20 heavy (non-hydrogen) atoms. The number of sulfonamides is 1. The number of alkyl halides is 1. The Morgan fingerprint density at radius 3 is 2.40 bits per heavy atom. The summed E-state index contributed by atoms with van der Waals surface area (Å²) in [6.07, 6.45) is 3.87. The van der Waals surface area contributed by atoms with Gasteiger partial charge in [0, 0.05) is 19.5 Å². The molecule has 0 atom stereocenters. The number of rotatable bonds is 8. The van der Waals surface area contributed by atoms with Gasteiger partial charge in [-0.3, -0.25) is 0 Å². The van der Waals surface area contributed by atoms with E-state index in [1.165, 1.54) is 4.31 Å². The van der Waals surface area contributed by atoms with Gasteiger partial charge >= 0.3 is 0 Å². The average molecular weight is 318 g/mol. The van der Waals surface area contributed by atoms with Gasteiger partial charge in [0.15, 0.2) is 0 Å². The van der Waals surface area contributed by atoms with Crippen molar-refractivity contribution in [1.82, 2.24) is 4.31 Å². The van der Waals surface area contributed by atoms with Crippen molar-refractivity contribution in [3.8, 4) is 0 Å². The molecule has 0 aromatic heterocycles. The molecule has 1 aromatic rings. The van der Waals surface area contributed by atoms with Crippen LogP contribution in [0.2, 0.25) is 0 Å². The number of unbranched alkanes of at least 4 members (excludes halogenated alkanes) is 2. The Morgan fingerprint density at radius 1 is 1.15 bits per heavy atom. The van der Waals surface area contributed by atoms with E-state index >= 15 is 0 Å². The first-order chi connectivity index (χ1) is 9.47. The van der Waals surface area contributed by atoms with Gasteiger partial charge in [0.1, 0.15) is 0 Å². The Hall–Kier alpha value is -0.580. The minimum atomic E-state index is -3.40. The van der Waals surface area contributed by atoms with Gasteiger partial charge in [0.25, 0.3) is 0 Å². The van der Waals surface area contributed by atoms with Gasteiger partial charge < -0.3 is 0 Å². The maximum atomic E-state index is 12.5. The lowest BCUT2D eigenvalue weighted by Gasteiger charge is -2.18. The van der Waals surface area contributed by atoms with E-state index in [2.05, 4.69) is 6.92 Å². The number of halogens is 1. The summed E-state index contributed by atoms with van der Waals surface area (Å²) in [7, 11) is -1.76. The maximum Gasteiger partial charge on any atom is 0.242 e. The van der Waals surface area contributed by atoms with Gasteiger partial charge in [0.05, 0.1) is 4.90 Å². The van der Waals surface area contributed by atoms with Crippen LogP contribution >= 0.6 is 11.6 Å². The van der Waals surface area contributed by atoms with Crippen LogP contribution in [0.4, 0.5) is 0 Å². The minimum Gasteiger partial charge on any atom is -0.207 e. The third-order valence-electron chi connectivity index (χ3n) is 3.49. The van der Waals surface area contributed by atoms with Crippen molar-refractivity contribution < 1.29 is 8.42 Å². The van der Waals surface area contributed by atoms with E-state index in [0.29, 0.717) is 17.3 Å². The van der Waals surface area contributed by atoms with Crippen molar-refractivity contribution in [3.63, 3.8) is 0 Å². The predicted octanol–water partition coefficient (Wildman–Crippen LogP) is 3.80. The predicted molar refractivity (Wildman–Crippen MR) is 84.7 cm³/mol. The van der Waals surface area contributed by atoms with Crippen molar-refractivity contribution in [2.45, 2.75) is 50.3 Å². The van der Waals surface area contributed by atoms with Crippen LogP contribution in [0, 0.1) is 0 Å². The largest absolute Gasteiger partial charge is 0.242 e. The van der Waals surface area contributed by atoms with Crippen molar-refractivity contribution in [3.05, 3.63) is 29.3 Å².